The topological polar surface area (TPSA) is 29.5 Å². The summed E-state index contributed by atoms with van der Waals surface area (Å²) >= 11 is 3.33. The largest absolute Gasteiger partial charge is 0.495 e. The minimum absolute atomic E-state index is 0.648. The van der Waals surface area contributed by atoms with Crippen LogP contribution in [-0.4, -0.2) is 12.2 Å². The molecule has 0 amide bonds. The number of methoxy groups -OCH3 is 1. The minimum Gasteiger partial charge on any atom is -0.495 e. The second kappa shape index (κ2) is 4.44. The Morgan fingerprint density at radius 2 is 2.31 bits per heavy atom. The highest BCUT2D eigenvalue weighted by atomic mass is 79.9. The first-order valence-corrected chi connectivity index (χ1v) is 4.63. The summed E-state index contributed by atoms with van der Waals surface area (Å²) in [7, 11) is 1.57. The van der Waals surface area contributed by atoms with Gasteiger partial charge >= 0.3 is 0 Å². The van der Waals surface area contributed by atoms with E-state index >= 15 is 0 Å². The van der Waals surface area contributed by atoms with Crippen molar-refractivity contribution in [1.29, 1.82) is 0 Å². The molecule has 1 aromatic carbocycles. The lowest BCUT2D eigenvalue weighted by Gasteiger charge is -2.12. The average molecular weight is 243 g/mol. The minimum atomic E-state index is -0.688. The van der Waals surface area contributed by atoms with Crippen LogP contribution in [0.3, 0.4) is 0 Å². The molecule has 0 aliphatic rings. The van der Waals surface area contributed by atoms with Gasteiger partial charge in [0.25, 0.3) is 0 Å². The van der Waals surface area contributed by atoms with Gasteiger partial charge in [0, 0.05) is 5.56 Å². The van der Waals surface area contributed by atoms with E-state index in [-0.39, 0.29) is 0 Å². The van der Waals surface area contributed by atoms with Crippen LogP contribution in [0.4, 0.5) is 0 Å². The van der Waals surface area contributed by atoms with E-state index in [4.69, 9.17) is 4.74 Å². The first-order chi connectivity index (χ1) is 6.20. The Morgan fingerprint density at radius 3 is 2.85 bits per heavy atom. The van der Waals surface area contributed by atoms with Gasteiger partial charge in [0.2, 0.25) is 0 Å². The molecule has 0 heterocycles. The van der Waals surface area contributed by atoms with Crippen LogP contribution in [0.2, 0.25) is 0 Å². The van der Waals surface area contributed by atoms with E-state index in [0.717, 1.165) is 4.47 Å². The molecule has 0 aromatic heterocycles. The smallest absolute Gasteiger partial charge is 0.139 e. The molecule has 0 aliphatic carbocycles. The van der Waals surface area contributed by atoms with Crippen molar-refractivity contribution in [1.82, 2.24) is 0 Å². The van der Waals surface area contributed by atoms with Crippen molar-refractivity contribution >= 4 is 15.9 Å². The van der Waals surface area contributed by atoms with Crippen molar-refractivity contribution in [2.24, 2.45) is 0 Å². The van der Waals surface area contributed by atoms with Gasteiger partial charge in [-0.25, -0.2) is 0 Å². The van der Waals surface area contributed by atoms with Gasteiger partial charge in [-0.1, -0.05) is 18.2 Å². The van der Waals surface area contributed by atoms with Gasteiger partial charge in [-0.15, -0.1) is 6.58 Å². The number of aliphatic hydroxyl groups excluding tert-OH is 1. The van der Waals surface area contributed by atoms with E-state index in [9.17, 15) is 5.11 Å². The Kier molecular flexibility index (Phi) is 3.51. The van der Waals surface area contributed by atoms with Crippen LogP contribution >= 0.6 is 15.9 Å². The summed E-state index contributed by atoms with van der Waals surface area (Å²) in [5.74, 6) is 0.648. The first-order valence-electron chi connectivity index (χ1n) is 3.83. The second-order valence-electron chi connectivity index (χ2n) is 2.54. The Hall–Kier alpha value is -0.800. The molecule has 0 fully saturated rings. The van der Waals surface area contributed by atoms with Gasteiger partial charge in [0.15, 0.2) is 0 Å². The van der Waals surface area contributed by atoms with Crippen LogP contribution in [0, 0.1) is 0 Å². The summed E-state index contributed by atoms with van der Waals surface area (Å²) in [6, 6.07) is 5.50. The summed E-state index contributed by atoms with van der Waals surface area (Å²) in [5, 5.41) is 9.55. The molecule has 13 heavy (non-hydrogen) atoms. The van der Waals surface area contributed by atoms with Crippen molar-refractivity contribution in [2.75, 3.05) is 7.11 Å². The lowest BCUT2D eigenvalue weighted by molar-refractivity contribution is 0.223. The molecule has 1 rings (SSSR count). The van der Waals surface area contributed by atoms with E-state index < -0.39 is 6.10 Å². The van der Waals surface area contributed by atoms with Crippen molar-refractivity contribution in [3.63, 3.8) is 0 Å². The number of aliphatic hydroxyl groups is 1. The zero-order chi connectivity index (χ0) is 9.84. The maximum absolute atomic E-state index is 9.55. The second-order valence-corrected chi connectivity index (χ2v) is 3.40. The summed E-state index contributed by atoms with van der Waals surface area (Å²) in [5.41, 5.74) is 0.715. The number of halogens is 1. The zero-order valence-corrected chi connectivity index (χ0v) is 8.91. The molecule has 2 nitrogen and oxygen atoms in total. The molecule has 0 aliphatic heterocycles. The van der Waals surface area contributed by atoms with E-state index in [1.54, 1.807) is 13.2 Å². The van der Waals surface area contributed by atoms with Crippen LogP contribution in [0.15, 0.2) is 35.3 Å². The number of rotatable bonds is 3. The van der Waals surface area contributed by atoms with Crippen molar-refractivity contribution in [2.45, 2.75) is 6.10 Å². The number of benzene rings is 1. The monoisotopic (exact) mass is 242 g/mol. The van der Waals surface area contributed by atoms with Crippen molar-refractivity contribution in [3.05, 3.63) is 40.9 Å². The summed E-state index contributed by atoms with van der Waals surface area (Å²) < 4.78 is 5.97. The number of hydrogen-bond donors (Lipinski definition) is 1. The van der Waals surface area contributed by atoms with Crippen LogP contribution in [0.25, 0.3) is 0 Å². The maximum Gasteiger partial charge on any atom is 0.139 e. The molecular weight excluding hydrogens is 232 g/mol. The van der Waals surface area contributed by atoms with E-state index in [1.807, 2.05) is 12.1 Å². The van der Waals surface area contributed by atoms with Gasteiger partial charge in [-0.05, 0) is 22.0 Å². The van der Waals surface area contributed by atoms with E-state index in [2.05, 4.69) is 22.5 Å². The molecule has 0 bridgehead atoms. The normalized spacial score (nSPS) is 12.2. The molecule has 1 unspecified atom stereocenters. The van der Waals surface area contributed by atoms with Gasteiger partial charge in [-0.3, -0.25) is 0 Å². The van der Waals surface area contributed by atoms with E-state index in [1.165, 1.54) is 6.08 Å². The summed E-state index contributed by atoms with van der Waals surface area (Å²) in [6.45, 7) is 3.52. The standard InChI is InChI=1S/C10H11BrO2/c1-3-9(12)7-5-4-6-8(11)10(7)13-2/h3-6,9,12H,1H2,2H3. The molecule has 0 radical (unpaired) electrons. The quantitative estimate of drug-likeness (QED) is 0.827. The van der Waals surface area contributed by atoms with Gasteiger partial charge in [-0.2, -0.15) is 0 Å². The number of para-hydroxylation sites is 1. The molecule has 1 aromatic rings. The fraction of sp³-hybridized carbons (Fsp3) is 0.200. The maximum atomic E-state index is 9.55. The predicted octanol–water partition coefficient (Wildman–Crippen LogP) is 2.68. The Labute approximate surface area is 86.0 Å². The molecule has 1 N–H and O–H groups in total. The number of hydrogen-bond acceptors (Lipinski definition) is 2. The van der Waals surface area contributed by atoms with Crippen molar-refractivity contribution in [3.8, 4) is 5.75 Å². The Balaban J connectivity index is 3.19. The molecular formula is C10H11BrO2. The molecule has 70 valence electrons. The third-order valence-corrected chi connectivity index (χ3v) is 2.37. The summed E-state index contributed by atoms with van der Waals surface area (Å²) in [4.78, 5) is 0. The average Bonchev–Trinajstić information content (AvgIpc) is 2.16. The lowest BCUT2D eigenvalue weighted by Crippen LogP contribution is -1.97. The fourth-order valence-corrected chi connectivity index (χ4v) is 1.64. The third-order valence-electron chi connectivity index (χ3n) is 1.74. The molecule has 3 heteroatoms. The van der Waals surface area contributed by atoms with Crippen molar-refractivity contribution < 1.29 is 9.84 Å². The highest BCUT2D eigenvalue weighted by Crippen LogP contribution is 2.32. The van der Waals surface area contributed by atoms with Crippen LogP contribution < -0.4 is 4.74 Å². The zero-order valence-electron chi connectivity index (χ0n) is 7.33. The lowest BCUT2D eigenvalue weighted by atomic mass is 10.1. The van der Waals surface area contributed by atoms with Crippen LogP contribution in [0.1, 0.15) is 11.7 Å². The summed E-state index contributed by atoms with van der Waals surface area (Å²) in [6.07, 6.45) is 0.775. The predicted molar refractivity (Wildman–Crippen MR) is 55.9 cm³/mol. The number of ether oxygens (including phenoxy) is 1. The van der Waals surface area contributed by atoms with Gasteiger partial charge in [0.05, 0.1) is 11.6 Å². The molecule has 0 saturated carbocycles. The van der Waals surface area contributed by atoms with Gasteiger partial charge in [0.1, 0.15) is 11.9 Å². The molecule has 0 spiro atoms. The molecule has 0 saturated heterocycles. The first kappa shape index (κ1) is 10.3. The van der Waals surface area contributed by atoms with Crippen LogP contribution in [-0.2, 0) is 0 Å². The fourth-order valence-electron chi connectivity index (χ4n) is 1.10. The van der Waals surface area contributed by atoms with E-state index in [0.29, 0.717) is 11.3 Å². The molecule has 1 atom stereocenters. The Bertz CT molecular complexity index is 310. The van der Waals surface area contributed by atoms with Gasteiger partial charge < -0.3 is 9.84 Å². The Morgan fingerprint density at radius 1 is 1.62 bits per heavy atom. The SMILES string of the molecule is C=CC(O)c1cccc(Br)c1OC. The third kappa shape index (κ3) is 2.11. The highest BCUT2D eigenvalue weighted by molar-refractivity contribution is 9.10. The highest BCUT2D eigenvalue weighted by Gasteiger charge is 2.11. The van der Waals surface area contributed by atoms with Crippen LogP contribution in [0.5, 0.6) is 5.75 Å².